The van der Waals surface area contributed by atoms with Gasteiger partial charge in [-0.3, -0.25) is 19.8 Å². The Labute approximate surface area is 155 Å². The number of nitrogens with zero attached hydrogens (tertiary/aromatic N) is 1. The second kappa shape index (κ2) is 7.42. The SMILES string of the molecule is O=C1NC(=S)N(c2ccc(Cl)cc2)C(=O)/C1=C\C=C/c1ccccc1. The number of hydrogen-bond donors (Lipinski definition) is 1. The number of carbonyl (C=O) groups is 2. The first-order valence-electron chi connectivity index (χ1n) is 7.45. The van der Waals surface area contributed by atoms with Crippen molar-refractivity contribution in [2.24, 2.45) is 0 Å². The van der Waals surface area contributed by atoms with Gasteiger partial charge < -0.3 is 0 Å². The molecule has 2 amide bonds. The second-order valence-electron chi connectivity index (χ2n) is 5.23. The number of anilines is 1. The van der Waals surface area contributed by atoms with Crippen LogP contribution in [0.3, 0.4) is 0 Å². The minimum atomic E-state index is -0.516. The van der Waals surface area contributed by atoms with Gasteiger partial charge in [-0.15, -0.1) is 0 Å². The van der Waals surface area contributed by atoms with Crippen LogP contribution in [0.1, 0.15) is 5.56 Å². The van der Waals surface area contributed by atoms with Gasteiger partial charge in [0, 0.05) is 5.02 Å². The van der Waals surface area contributed by atoms with Gasteiger partial charge in [0.1, 0.15) is 5.57 Å². The van der Waals surface area contributed by atoms with Crippen LogP contribution in [0.25, 0.3) is 6.08 Å². The number of nitrogens with one attached hydrogen (secondary N) is 1. The molecule has 0 atom stereocenters. The molecule has 1 aliphatic rings. The highest BCUT2D eigenvalue weighted by atomic mass is 35.5. The topological polar surface area (TPSA) is 49.4 Å². The average Bonchev–Trinajstić information content (AvgIpc) is 2.60. The number of benzene rings is 2. The molecular formula is C19H13ClN2O2S. The van der Waals surface area contributed by atoms with Crippen molar-refractivity contribution in [2.75, 3.05) is 4.90 Å². The summed E-state index contributed by atoms with van der Waals surface area (Å²) in [4.78, 5) is 26.1. The fourth-order valence-corrected chi connectivity index (χ4v) is 2.73. The lowest BCUT2D eigenvalue weighted by Gasteiger charge is -2.28. The molecule has 2 aromatic rings. The largest absolute Gasteiger partial charge is 0.298 e. The van der Waals surface area contributed by atoms with E-state index in [1.807, 2.05) is 36.4 Å². The van der Waals surface area contributed by atoms with Crippen molar-refractivity contribution in [1.29, 1.82) is 0 Å². The van der Waals surface area contributed by atoms with Crippen LogP contribution in [0.15, 0.2) is 72.3 Å². The van der Waals surface area contributed by atoms with E-state index in [0.29, 0.717) is 10.7 Å². The molecule has 3 rings (SSSR count). The van der Waals surface area contributed by atoms with Crippen molar-refractivity contribution in [1.82, 2.24) is 5.32 Å². The lowest BCUT2D eigenvalue weighted by Crippen LogP contribution is -2.54. The van der Waals surface area contributed by atoms with Crippen molar-refractivity contribution in [3.05, 3.63) is 82.9 Å². The van der Waals surface area contributed by atoms with E-state index in [1.54, 1.807) is 30.3 Å². The first-order chi connectivity index (χ1) is 12.1. The summed E-state index contributed by atoms with van der Waals surface area (Å²) in [5.74, 6) is -0.994. The number of hydrogen-bond acceptors (Lipinski definition) is 3. The highest BCUT2D eigenvalue weighted by Crippen LogP contribution is 2.22. The fraction of sp³-hybridized carbons (Fsp3) is 0. The Balaban J connectivity index is 1.88. The molecular weight excluding hydrogens is 356 g/mol. The van der Waals surface area contributed by atoms with E-state index >= 15 is 0 Å². The van der Waals surface area contributed by atoms with Crippen molar-refractivity contribution < 1.29 is 9.59 Å². The minimum absolute atomic E-state index is 0.00994. The smallest absolute Gasteiger partial charge is 0.270 e. The predicted molar refractivity (Wildman–Crippen MR) is 103 cm³/mol. The minimum Gasteiger partial charge on any atom is -0.298 e. The van der Waals surface area contributed by atoms with Crippen molar-refractivity contribution in [3.63, 3.8) is 0 Å². The van der Waals surface area contributed by atoms with Gasteiger partial charge in [-0.05, 0) is 48.1 Å². The van der Waals surface area contributed by atoms with Gasteiger partial charge in [0.25, 0.3) is 11.8 Å². The third-order valence-corrected chi connectivity index (χ3v) is 4.07. The highest BCUT2D eigenvalue weighted by Gasteiger charge is 2.33. The Kier molecular flexibility index (Phi) is 5.07. The molecule has 0 unspecified atom stereocenters. The number of thiocarbonyl (C=S) groups is 1. The van der Waals surface area contributed by atoms with E-state index in [2.05, 4.69) is 5.32 Å². The summed E-state index contributed by atoms with van der Waals surface area (Å²) in [5.41, 5.74) is 1.51. The van der Waals surface area contributed by atoms with E-state index in [4.69, 9.17) is 23.8 Å². The van der Waals surface area contributed by atoms with Crippen molar-refractivity contribution in [2.45, 2.75) is 0 Å². The van der Waals surface area contributed by atoms with Crippen LogP contribution in [0, 0.1) is 0 Å². The summed E-state index contributed by atoms with van der Waals surface area (Å²) in [7, 11) is 0. The average molecular weight is 369 g/mol. The molecule has 25 heavy (non-hydrogen) atoms. The van der Waals surface area contributed by atoms with Gasteiger partial charge in [0.2, 0.25) is 0 Å². The number of rotatable bonds is 3. The molecule has 4 nitrogen and oxygen atoms in total. The van der Waals surface area contributed by atoms with Crippen LogP contribution in [0.2, 0.25) is 5.02 Å². The zero-order valence-corrected chi connectivity index (χ0v) is 14.6. The molecule has 124 valence electrons. The Bertz CT molecular complexity index is 889. The first kappa shape index (κ1) is 17.1. The van der Waals surface area contributed by atoms with Crippen LogP contribution < -0.4 is 10.2 Å². The summed E-state index contributed by atoms with van der Waals surface area (Å²) in [5, 5.41) is 3.12. The third-order valence-electron chi connectivity index (χ3n) is 3.54. The first-order valence-corrected chi connectivity index (χ1v) is 8.23. The van der Waals surface area contributed by atoms with Crippen LogP contribution in [0.4, 0.5) is 5.69 Å². The Morgan fingerprint density at radius 2 is 1.68 bits per heavy atom. The Morgan fingerprint density at radius 1 is 1.00 bits per heavy atom. The summed E-state index contributed by atoms with van der Waals surface area (Å²) >= 11 is 11.0. The van der Waals surface area contributed by atoms with Crippen LogP contribution >= 0.6 is 23.8 Å². The summed E-state index contributed by atoms with van der Waals surface area (Å²) in [6, 6.07) is 16.2. The molecule has 0 spiro atoms. The molecule has 0 bridgehead atoms. The van der Waals surface area contributed by atoms with E-state index in [-0.39, 0.29) is 10.7 Å². The van der Waals surface area contributed by atoms with Gasteiger partial charge in [-0.2, -0.15) is 0 Å². The number of halogens is 1. The molecule has 2 aromatic carbocycles. The van der Waals surface area contributed by atoms with Gasteiger partial charge >= 0.3 is 0 Å². The van der Waals surface area contributed by atoms with Gasteiger partial charge in [-0.25, -0.2) is 0 Å². The predicted octanol–water partition coefficient (Wildman–Crippen LogP) is 3.73. The van der Waals surface area contributed by atoms with E-state index < -0.39 is 11.8 Å². The fourth-order valence-electron chi connectivity index (χ4n) is 2.32. The van der Waals surface area contributed by atoms with Crippen LogP contribution in [0.5, 0.6) is 0 Å². The summed E-state index contributed by atoms with van der Waals surface area (Å²) in [6.45, 7) is 0. The maximum absolute atomic E-state index is 12.7. The molecule has 0 aliphatic carbocycles. The maximum Gasteiger partial charge on any atom is 0.270 e. The van der Waals surface area contributed by atoms with Crippen molar-refractivity contribution in [3.8, 4) is 0 Å². The molecule has 6 heteroatoms. The third kappa shape index (κ3) is 3.84. The molecule has 1 saturated heterocycles. The molecule has 1 heterocycles. The Hall–Kier alpha value is -2.76. The lowest BCUT2D eigenvalue weighted by atomic mass is 10.1. The van der Waals surface area contributed by atoms with Gasteiger partial charge in [-0.1, -0.05) is 54.1 Å². The number of carbonyl (C=O) groups excluding carboxylic acids is 2. The van der Waals surface area contributed by atoms with E-state index in [0.717, 1.165) is 5.56 Å². The normalized spacial score (nSPS) is 16.6. The molecule has 0 radical (unpaired) electrons. The zero-order valence-electron chi connectivity index (χ0n) is 13.0. The second-order valence-corrected chi connectivity index (χ2v) is 6.05. The number of amides is 2. The van der Waals surface area contributed by atoms with Gasteiger partial charge in [0.15, 0.2) is 5.11 Å². The molecule has 1 N–H and O–H groups in total. The molecule has 0 saturated carbocycles. The van der Waals surface area contributed by atoms with Crippen LogP contribution in [-0.2, 0) is 9.59 Å². The molecule has 1 aliphatic heterocycles. The van der Waals surface area contributed by atoms with E-state index in [1.165, 1.54) is 11.0 Å². The lowest BCUT2D eigenvalue weighted by molar-refractivity contribution is -0.122. The Morgan fingerprint density at radius 3 is 2.36 bits per heavy atom. The van der Waals surface area contributed by atoms with Crippen LogP contribution in [-0.4, -0.2) is 16.9 Å². The van der Waals surface area contributed by atoms with Crippen molar-refractivity contribution >= 4 is 52.5 Å². The molecule has 1 fully saturated rings. The quantitative estimate of drug-likeness (QED) is 0.510. The van der Waals surface area contributed by atoms with Gasteiger partial charge in [0.05, 0.1) is 5.69 Å². The number of allylic oxidation sites excluding steroid dienone is 2. The maximum atomic E-state index is 12.7. The highest BCUT2D eigenvalue weighted by molar-refractivity contribution is 7.80. The summed E-state index contributed by atoms with van der Waals surface area (Å²) < 4.78 is 0. The van der Waals surface area contributed by atoms with E-state index in [9.17, 15) is 9.59 Å². The monoisotopic (exact) mass is 368 g/mol. The zero-order chi connectivity index (χ0) is 17.8. The standard InChI is InChI=1S/C19H13ClN2O2S/c20-14-9-11-15(12-10-14)22-18(24)16(17(23)21-19(22)25)8-4-7-13-5-2-1-3-6-13/h1-12H,(H,21,23,25)/b7-4-,16-8-. The molecule has 0 aromatic heterocycles. The summed E-state index contributed by atoms with van der Waals surface area (Å²) in [6.07, 6.45) is 4.96.